The summed E-state index contributed by atoms with van der Waals surface area (Å²) in [7, 11) is 1.95. The van der Waals surface area contributed by atoms with Crippen molar-refractivity contribution in [1.29, 1.82) is 5.26 Å². The fourth-order valence-corrected chi connectivity index (χ4v) is 1.47. The number of hydrogen-bond donors (Lipinski definition) is 0. The Labute approximate surface area is 104 Å². The van der Waals surface area contributed by atoms with Gasteiger partial charge in [-0.2, -0.15) is 5.26 Å². The lowest BCUT2D eigenvalue weighted by Gasteiger charge is -2.19. The molecule has 1 rings (SSSR count). The Morgan fingerprint density at radius 1 is 1.24 bits per heavy atom. The summed E-state index contributed by atoms with van der Waals surface area (Å²) < 4.78 is 5.58. The Bertz CT molecular complexity index is 378. The molecule has 1 unspecified atom stereocenters. The van der Waals surface area contributed by atoms with Crippen molar-refractivity contribution in [1.82, 2.24) is 4.90 Å². The Hall–Kier alpha value is -1.53. The van der Waals surface area contributed by atoms with Crippen molar-refractivity contribution in [3.05, 3.63) is 29.8 Å². The van der Waals surface area contributed by atoms with Crippen molar-refractivity contribution < 1.29 is 4.74 Å². The van der Waals surface area contributed by atoms with E-state index in [1.165, 1.54) is 5.56 Å². The number of benzene rings is 1. The SMILES string of the molecule is CC(C)Oc1ccc(CN(C)C(C)C#N)cc1. The van der Waals surface area contributed by atoms with Crippen LogP contribution >= 0.6 is 0 Å². The minimum atomic E-state index is -0.0680. The number of nitriles is 1. The van der Waals surface area contributed by atoms with Gasteiger partial charge in [-0.1, -0.05) is 12.1 Å². The van der Waals surface area contributed by atoms with Gasteiger partial charge in [0.1, 0.15) is 5.75 Å². The van der Waals surface area contributed by atoms with Crippen LogP contribution in [0, 0.1) is 11.3 Å². The van der Waals surface area contributed by atoms with Crippen molar-refractivity contribution in [3.8, 4) is 11.8 Å². The molecule has 0 fully saturated rings. The molecule has 0 aliphatic carbocycles. The third kappa shape index (κ3) is 4.46. The number of rotatable bonds is 5. The minimum absolute atomic E-state index is 0.0680. The van der Waals surface area contributed by atoms with E-state index in [4.69, 9.17) is 10.00 Å². The third-order valence-corrected chi connectivity index (χ3v) is 2.58. The zero-order chi connectivity index (χ0) is 12.8. The molecule has 0 aliphatic rings. The van der Waals surface area contributed by atoms with Gasteiger partial charge in [0.15, 0.2) is 0 Å². The number of nitrogens with zero attached hydrogens (tertiary/aromatic N) is 2. The van der Waals surface area contributed by atoms with Gasteiger partial charge in [0.25, 0.3) is 0 Å². The lowest BCUT2D eigenvalue weighted by atomic mass is 10.2. The summed E-state index contributed by atoms with van der Waals surface area (Å²) in [6.07, 6.45) is 0.196. The molecule has 92 valence electrons. The molecule has 3 heteroatoms. The van der Waals surface area contributed by atoms with Crippen LogP contribution in [0.2, 0.25) is 0 Å². The maximum Gasteiger partial charge on any atom is 0.119 e. The van der Waals surface area contributed by atoms with Gasteiger partial charge in [0, 0.05) is 6.54 Å². The minimum Gasteiger partial charge on any atom is -0.491 e. The summed E-state index contributed by atoms with van der Waals surface area (Å²) in [5, 5.41) is 8.81. The van der Waals surface area contributed by atoms with E-state index in [1.54, 1.807) is 0 Å². The van der Waals surface area contributed by atoms with Gasteiger partial charge >= 0.3 is 0 Å². The second-order valence-corrected chi connectivity index (χ2v) is 4.53. The van der Waals surface area contributed by atoms with Crippen LogP contribution in [-0.2, 0) is 6.54 Å². The Balaban J connectivity index is 2.60. The summed E-state index contributed by atoms with van der Waals surface area (Å²) in [6.45, 7) is 6.69. The van der Waals surface area contributed by atoms with E-state index in [9.17, 15) is 0 Å². The first-order valence-corrected chi connectivity index (χ1v) is 5.88. The van der Waals surface area contributed by atoms with Crippen LogP contribution in [0.15, 0.2) is 24.3 Å². The average Bonchev–Trinajstić information content (AvgIpc) is 2.30. The molecule has 3 nitrogen and oxygen atoms in total. The fraction of sp³-hybridized carbons (Fsp3) is 0.500. The quantitative estimate of drug-likeness (QED) is 0.783. The molecule has 1 aromatic carbocycles. The highest BCUT2D eigenvalue weighted by Gasteiger charge is 2.08. The maximum atomic E-state index is 8.81. The molecule has 0 N–H and O–H groups in total. The van der Waals surface area contributed by atoms with E-state index in [0.29, 0.717) is 0 Å². The molecule has 0 amide bonds. The highest BCUT2D eigenvalue weighted by Crippen LogP contribution is 2.15. The zero-order valence-electron chi connectivity index (χ0n) is 11.0. The molecule has 0 radical (unpaired) electrons. The predicted octanol–water partition coefficient (Wildman–Crippen LogP) is 2.82. The largest absolute Gasteiger partial charge is 0.491 e. The lowest BCUT2D eigenvalue weighted by Crippen LogP contribution is -2.26. The molecule has 0 heterocycles. The van der Waals surface area contributed by atoms with E-state index < -0.39 is 0 Å². The summed E-state index contributed by atoms with van der Waals surface area (Å²) in [5.41, 5.74) is 1.19. The van der Waals surface area contributed by atoms with E-state index in [-0.39, 0.29) is 12.1 Å². The topological polar surface area (TPSA) is 36.3 Å². The van der Waals surface area contributed by atoms with Crippen molar-refractivity contribution in [3.63, 3.8) is 0 Å². The first-order valence-electron chi connectivity index (χ1n) is 5.88. The van der Waals surface area contributed by atoms with Crippen molar-refractivity contribution in [2.45, 2.75) is 39.5 Å². The van der Waals surface area contributed by atoms with Gasteiger partial charge in [-0.3, -0.25) is 4.90 Å². The molecule has 0 saturated carbocycles. The standard InChI is InChI=1S/C14H20N2O/c1-11(2)17-14-7-5-13(6-8-14)10-16(4)12(3)9-15/h5-8,11-12H,10H2,1-4H3. The molecule has 1 aromatic rings. The number of ether oxygens (including phenoxy) is 1. The van der Waals surface area contributed by atoms with Crippen molar-refractivity contribution in [2.24, 2.45) is 0 Å². The van der Waals surface area contributed by atoms with E-state index in [1.807, 2.05) is 57.0 Å². The van der Waals surface area contributed by atoms with Crippen LogP contribution in [0.4, 0.5) is 0 Å². The molecule has 0 saturated heterocycles. The van der Waals surface area contributed by atoms with Crippen molar-refractivity contribution in [2.75, 3.05) is 7.05 Å². The maximum absolute atomic E-state index is 8.81. The summed E-state index contributed by atoms with van der Waals surface area (Å²) >= 11 is 0. The van der Waals surface area contributed by atoms with Crippen LogP contribution in [-0.4, -0.2) is 24.1 Å². The van der Waals surface area contributed by atoms with Crippen LogP contribution < -0.4 is 4.74 Å². The van der Waals surface area contributed by atoms with Gasteiger partial charge < -0.3 is 4.74 Å². The predicted molar refractivity (Wildman–Crippen MR) is 68.7 cm³/mol. The second-order valence-electron chi connectivity index (χ2n) is 4.53. The Morgan fingerprint density at radius 3 is 2.29 bits per heavy atom. The molecule has 0 bridgehead atoms. The molecule has 17 heavy (non-hydrogen) atoms. The van der Waals surface area contributed by atoms with Crippen molar-refractivity contribution >= 4 is 0 Å². The Kier molecular flexibility index (Phi) is 4.99. The monoisotopic (exact) mass is 232 g/mol. The lowest BCUT2D eigenvalue weighted by molar-refractivity contribution is 0.242. The van der Waals surface area contributed by atoms with Gasteiger partial charge in [-0.25, -0.2) is 0 Å². The van der Waals surface area contributed by atoms with Gasteiger partial charge in [0.05, 0.1) is 18.2 Å². The average molecular weight is 232 g/mol. The highest BCUT2D eigenvalue weighted by molar-refractivity contribution is 5.27. The second kappa shape index (κ2) is 6.27. The van der Waals surface area contributed by atoms with E-state index >= 15 is 0 Å². The van der Waals surface area contributed by atoms with E-state index in [2.05, 4.69) is 6.07 Å². The fourth-order valence-electron chi connectivity index (χ4n) is 1.47. The van der Waals surface area contributed by atoms with Crippen LogP contribution in [0.3, 0.4) is 0 Å². The third-order valence-electron chi connectivity index (χ3n) is 2.58. The molecular weight excluding hydrogens is 212 g/mol. The summed E-state index contributed by atoms with van der Waals surface area (Å²) in [5.74, 6) is 0.889. The number of hydrogen-bond acceptors (Lipinski definition) is 3. The van der Waals surface area contributed by atoms with Gasteiger partial charge in [-0.05, 0) is 45.5 Å². The normalized spacial score (nSPS) is 12.5. The van der Waals surface area contributed by atoms with Crippen LogP contribution in [0.25, 0.3) is 0 Å². The molecule has 0 aromatic heterocycles. The molecule has 0 aliphatic heterocycles. The van der Waals surface area contributed by atoms with E-state index in [0.717, 1.165) is 12.3 Å². The van der Waals surface area contributed by atoms with Crippen LogP contribution in [0.1, 0.15) is 26.3 Å². The molecule has 0 spiro atoms. The highest BCUT2D eigenvalue weighted by atomic mass is 16.5. The first kappa shape index (κ1) is 13.5. The van der Waals surface area contributed by atoms with Gasteiger partial charge in [0.2, 0.25) is 0 Å². The first-order chi connectivity index (χ1) is 8.02. The summed E-state index contributed by atoms with van der Waals surface area (Å²) in [4.78, 5) is 2.01. The van der Waals surface area contributed by atoms with Crippen LogP contribution in [0.5, 0.6) is 5.75 Å². The smallest absolute Gasteiger partial charge is 0.119 e. The molecule has 1 atom stereocenters. The molecular formula is C14H20N2O. The van der Waals surface area contributed by atoms with Gasteiger partial charge in [-0.15, -0.1) is 0 Å². The summed E-state index contributed by atoms with van der Waals surface area (Å²) in [6, 6.07) is 10.2. The zero-order valence-corrected chi connectivity index (χ0v) is 11.0. The Morgan fingerprint density at radius 2 is 1.82 bits per heavy atom.